The van der Waals surface area contributed by atoms with E-state index < -0.39 is 0 Å². The molecule has 2 nitrogen and oxygen atoms in total. The quantitative estimate of drug-likeness (QED) is 0.849. The van der Waals surface area contributed by atoms with Gasteiger partial charge in [-0.2, -0.15) is 11.8 Å². The van der Waals surface area contributed by atoms with Crippen molar-refractivity contribution >= 4 is 33.4 Å². The van der Waals surface area contributed by atoms with Crippen molar-refractivity contribution in [3.63, 3.8) is 0 Å². The minimum Gasteiger partial charge on any atom is -0.398 e. The molecule has 17 heavy (non-hydrogen) atoms. The zero-order valence-corrected chi connectivity index (χ0v) is 12.7. The van der Waals surface area contributed by atoms with Gasteiger partial charge in [0, 0.05) is 45.9 Å². The van der Waals surface area contributed by atoms with Crippen molar-refractivity contribution in [2.75, 3.05) is 18.0 Å². The second kappa shape index (κ2) is 5.63. The molecular formula is C13H19BrN2S. The number of nitrogens with two attached hydrogens (primary N) is 1. The number of rotatable bonds is 2. The van der Waals surface area contributed by atoms with E-state index in [0.717, 1.165) is 23.2 Å². The van der Waals surface area contributed by atoms with Crippen LogP contribution < -0.4 is 5.73 Å². The first-order valence-corrected chi connectivity index (χ1v) is 7.82. The second-order valence-electron chi connectivity index (χ2n) is 4.59. The Balaban J connectivity index is 2.15. The van der Waals surface area contributed by atoms with Crippen molar-refractivity contribution in [1.29, 1.82) is 0 Å². The molecule has 1 aliphatic rings. The zero-order valence-electron chi connectivity index (χ0n) is 10.3. The van der Waals surface area contributed by atoms with Gasteiger partial charge in [0.15, 0.2) is 0 Å². The number of benzene rings is 1. The van der Waals surface area contributed by atoms with Gasteiger partial charge in [0.25, 0.3) is 0 Å². The number of hydrogen-bond acceptors (Lipinski definition) is 3. The van der Waals surface area contributed by atoms with Crippen LogP contribution in [0.25, 0.3) is 0 Å². The van der Waals surface area contributed by atoms with E-state index in [1.165, 1.54) is 11.3 Å². The van der Waals surface area contributed by atoms with Crippen LogP contribution in [0.2, 0.25) is 0 Å². The molecule has 0 spiro atoms. The maximum Gasteiger partial charge on any atom is 0.0371 e. The molecule has 2 N–H and O–H groups in total. The van der Waals surface area contributed by atoms with Crippen molar-refractivity contribution in [2.24, 2.45) is 0 Å². The molecule has 0 aromatic heterocycles. The van der Waals surface area contributed by atoms with Crippen molar-refractivity contribution < 1.29 is 0 Å². The molecule has 0 radical (unpaired) electrons. The predicted octanol–water partition coefficient (Wildman–Crippen LogP) is 3.36. The Hall–Kier alpha value is -0.190. The fourth-order valence-electron chi connectivity index (χ4n) is 2.16. The van der Waals surface area contributed by atoms with Gasteiger partial charge in [0.2, 0.25) is 0 Å². The molecule has 1 fully saturated rings. The van der Waals surface area contributed by atoms with Crippen LogP contribution >= 0.6 is 27.7 Å². The molecule has 1 aromatic rings. The van der Waals surface area contributed by atoms with Crippen LogP contribution in [-0.2, 0) is 6.54 Å². The first kappa shape index (κ1) is 13.2. The van der Waals surface area contributed by atoms with Crippen molar-refractivity contribution in [3.05, 3.63) is 28.2 Å². The normalized spacial score (nSPS) is 26.1. The van der Waals surface area contributed by atoms with Gasteiger partial charge in [-0.3, -0.25) is 4.90 Å². The summed E-state index contributed by atoms with van der Waals surface area (Å²) in [6.07, 6.45) is 0. The van der Waals surface area contributed by atoms with Gasteiger partial charge >= 0.3 is 0 Å². The second-order valence-corrected chi connectivity index (χ2v) is 6.93. The lowest BCUT2D eigenvalue weighted by atomic mass is 10.1. The van der Waals surface area contributed by atoms with Crippen LogP contribution in [0.5, 0.6) is 0 Å². The lowest BCUT2D eigenvalue weighted by molar-refractivity contribution is 0.204. The summed E-state index contributed by atoms with van der Waals surface area (Å²) >= 11 is 5.66. The summed E-state index contributed by atoms with van der Waals surface area (Å²) in [5.41, 5.74) is 8.16. The van der Waals surface area contributed by atoms with E-state index in [-0.39, 0.29) is 0 Å². The molecule has 1 aromatic carbocycles. The molecule has 0 aliphatic carbocycles. The van der Waals surface area contributed by atoms with E-state index in [2.05, 4.69) is 52.5 Å². The molecule has 2 unspecified atom stereocenters. The van der Waals surface area contributed by atoms with Gasteiger partial charge in [0.05, 0.1) is 0 Å². The molecule has 1 aliphatic heterocycles. The fourth-order valence-corrected chi connectivity index (χ4v) is 3.83. The third-order valence-electron chi connectivity index (χ3n) is 3.53. The van der Waals surface area contributed by atoms with Crippen LogP contribution in [-0.4, -0.2) is 28.5 Å². The highest BCUT2D eigenvalue weighted by Gasteiger charge is 2.25. The molecule has 2 atom stereocenters. The minimum atomic E-state index is 0.611. The number of thioether (sulfide) groups is 1. The maximum absolute atomic E-state index is 6.06. The van der Waals surface area contributed by atoms with E-state index >= 15 is 0 Å². The maximum atomic E-state index is 6.06. The van der Waals surface area contributed by atoms with Gasteiger partial charge in [-0.25, -0.2) is 0 Å². The van der Waals surface area contributed by atoms with Gasteiger partial charge in [-0.15, -0.1) is 0 Å². The number of anilines is 1. The van der Waals surface area contributed by atoms with E-state index in [1.54, 1.807) is 0 Å². The lowest BCUT2D eigenvalue weighted by Gasteiger charge is -2.37. The first-order valence-electron chi connectivity index (χ1n) is 5.98. The van der Waals surface area contributed by atoms with Gasteiger partial charge < -0.3 is 5.73 Å². The molecular weight excluding hydrogens is 296 g/mol. The van der Waals surface area contributed by atoms with Crippen LogP contribution in [0.1, 0.15) is 19.4 Å². The summed E-state index contributed by atoms with van der Waals surface area (Å²) in [7, 11) is 0. The smallest absolute Gasteiger partial charge is 0.0371 e. The number of hydrogen-bond donors (Lipinski definition) is 1. The SMILES string of the molecule is CC1SCCN(Cc2c(N)cccc2Br)C1C. The molecule has 4 heteroatoms. The number of nitrogens with zero attached hydrogens (tertiary/aromatic N) is 1. The van der Waals surface area contributed by atoms with Gasteiger partial charge in [0.1, 0.15) is 0 Å². The van der Waals surface area contributed by atoms with Crippen molar-refractivity contribution in [2.45, 2.75) is 31.7 Å². The zero-order chi connectivity index (χ0) is 12.4. The standard InChI is InChI=1S/C13H19BrN2S/c1-9-10(2)17-7-6-16(9)8-11-12(14)4-3-5-13(11)15/h3-5,9-10H,6-8,15H2,1-2H3. The van der Waals surface area contributed by atoms with Gasteiger partial charge in [-0.05, 0) is 19.1 Å². The molecule has 2 rings (SSSR count). The highest BCUT2D eigenvalue weighted by molar-refractivity contribution is 9.10. The highest BCUT2D eigenvalue weighted by atomic mass is 79.9. The van der Waals surface area contributed by atoms with E-state index in [1.807, 2.05) is 12.1 Å². The summed E-state index contributed by atoms with van der Waals surface area (Å²) in [5, 5.41) is 0.701. The summed E-state index contributed by atoms with van der Waals surface area (Å²) in [4.78, 5) is 2.53. The summed E-state index contributed by atoms with van der Waals surface area (Å²) in [6, 6.07) is 6.65. The first-order chi connectivity index (χ1) is 8.09. The van der Waals surface area contributed by atoms with Gasteiger partial charge in [-0.1, -0.05) is 28.9 Å². The third kappa shape index (κ3) is 2.98. The molecule has 0 amide bonds. The monoisotopic (exact) mass is 314 g/mol. The number of nitrogen functional groups attached to an aromatic ring is 1. The summed E-state index contributed by atoms with van der Waals surface area (Å²) in [6.45, 7) is 6.71. The Morgan fingerprint density at radius 1 is 1.47 bits per heavy atom. The molecule has 0 bridgehead atoms. The Bertz CT molecular complexity index is 377. The van der Waals surface area contributed by atoms with Crippen molar-refractivity contribution in [3.8, 4) is 0 Å². The Kier molecular flexibility index (Phi) is 4.39. The predicted molar refractivity (Wildman–Crippen MR) is 80.3 cm³/mol. The summed E-state index contributed by atoms with van der Waals surface area (Å²) in [5.74, 6) is 1.22. The van der Waals surface area contributed by atoms with Crippen LogP contribution in [0.15, 0.2) is 22.7 Å². The highest BCUT2D eigenvalue weighted by Crippen LogP contribution is 2.29. The topological polar surface area (TPSA) is 29.3 Å². The van der Waals surface area contributed by atoms with E-state index in [4.69, 9.17) is 5.73 Å². The number of halogens is 1. The molecule has 1 heterocycles. The van der Waals surface area contributed by atoms with Crippen LogP contribution in [0, 0.1) is 0 Å². The van der Waals surface area contributed by atoms with Crippen LogP contribution in [0.3, 0.4) is 0 Å². The van der Waals surface area contributed by atoms with E-state index in [0.29, 0.717) is 11.3 Å². The Morgan fingerprint density at radius 3 is 2.94 bits per heavy atom. The molecule has 1 saturated heterocycles. The van der Waals surface area contributed by atoms with Crippen molar-refractivity contribution in [1.82, 2.24) is 4.90 Å². The van der Waals surface area contributed by atoms with E-state index in [9.17, 15) is 0 Å². The Labute approximate surface area is 116 Å². The molecule has 94 valence electrons. The minimum absolute atomic E-state index is 0.611. The summed E-state index contributed by atoms with van der Waals surface area (Å²) < 4.78 is 1.12. The fraction of sp³-hybridized carbons (Fsp3) is 0.538. The largest absolute Gasteiger partial charge is 0.398 e. The lowest BCUT2D eigenvalue weighted by Crippen LogP contribution is -2.44. The molecule has 0 saturated carbocycles. The Morgan fingerprint density at radius 2 is 2.24 bits per heavy atom. The average Bonchev–Trinajstić information content (AvgIpc) is 2.29. The average molecular weight is 315 g/mol. The third-order valence-corrected chi connectivity index (χ3v) is 5.61. The van der Waals surface area contributed by atoms with Crippen LogP contribution in [0.4, 0.5) is 5.69 Å².